The molecule has 1 N–H and O–H groups in total. The van der Waals surface area contributed by atoms with Crippen molar-refractivity contribution in [3.63, 3.8) is 0 Å². The molecule has 2 aromatic rings. The van der Waals surface area contributed by atoms with Crippen LogP contribution in [0.5, 0.6) is 0 Å². The van der Waals surface area contributed by atoms with E-state index in [1.807, 2.05) is 12.1 Å². The van der Waals surface area contributed by atoms with E-state index in [4.69, 9.17) is 5.11 Å². The van der Waals surface area contributed by atoms with Gasteiger partial charge in [-0.05, 0) is 18.6 Å². The minimum absolute atomic E-state index is 0.0174. The standard InChI is InChI=1S/C10H8BrN3O2/c11-5-1-2-14-8(3-5)12-9(13-14)6-4-7(6)10(15)16/h1-3,6-7H,4H2,(H,15,16). The quantitative estimate of drug-likeness (QED) is 0.910. The molecule has 82 valence electrons. The van der Waals surface area contributed by atoms with Gasteiger partial charge < -0.3 is 5.11 Å². The van der Waals surface area contributed by atoms with Crippen LogP contribution in [0.25, 0.3) is 5.65 Å². The van der Waals surface area contributed by atoms with Crippen molar-refractivity contribution in [2.24, 2.45) is 5.92 Å². The summed E-state index contributed by atoms with van der Waals surface area (Å²) in [6.07, 6.45) is 2.45. The molecule has 5 nitrogen and oxygen atoms in total. The van der Waals surface area contributed by atoms with Crippen molar-refractivity contribution in [1.82, 2.24) is 14.6 Å². The highest BCUT2D eigenvalue weighted by Gasteiger charge is 2.46. The Kier molecular flexibility index (Phi) is 2.00. The molecule has 0 bridgehead atoms. The van der Waals surface area contributed by atoms with Crippen molar-refractivity contribution in [2.75, 3.05) is 0 Å². The van der Waals surface area contributed by atoms with Crippen LogP contribution >= 0.6 is 15.9 Å². The average Bonchev–Trinajstić information content (AvgIpc) is 2.93. The van der Waals surface area contributed by atoms with Gasteiger partial charge in [0.05, 0.1) is 5.92 Å². The first kappa shape index (κ1) is 9.77. The number of pyridine rings is 1. The Morgan fingerprint density at radius 2 is 2.44 bits per heavy atom. The summed E-state index contributed by atoms with van der Waals surface area (Å²) in [6, 6.07) is 3.72. The fraction of sp³-hybridized carbons (Fsp3) is 0.300. The highest BCUT2D eigenvalue weighted by molar-refractivity contribution is 9.10. The van der Waals surface area contributed by atoms with Gasteiger partial charge in [0.1, 0.15) is 0 Å². The number of carboxylic acids is 1. The number of fused-ring (bicyclic) bond motifs is 1. The van der Waals surface area contributed by atoms with Gasteiger partial charge in [-0.2, -0.15) is 5.10 Å². The van der Waals surface area contributed by atoms with E-state index in [9.17, 15) is 4.79 Å². The largest absolute Gasteiger partial charge is 0.481 e. The Morgan fingerprint density at radius 1 is 1.62 bits per heavy atom. The Bertz CT molecular complexity index is 580. The molecule has 0 spiro atoms. The zero-order valence-corrected chi connectivity index (χ0v) is 9.75. The summed E-state index contributed by atoms with van der Waals surface area (Å²) in [7, 11) is 0. The summed E-state index contributed by atoms with van der Waals surface area (Å²) in [5, 5.41) is 13.1. The van der Waals surface area contributed by atoms with Crippen LogP contribution in [-0.4, -0.2) is 25.7 Å². The maximum Gasteiger partial charge on any atom is 0.307 e. The number of aliphatic carboxylic acids is 1. The van der Waals surface area contributed by atoms with Gasteiger partial charge in [0.2, 0.25) is 0 Å². The number of carboxylic acid groups (broad SMARTS) is 1. The number of aromatic nitrogens is 3. The van der Waals surface area contributed by atoms with Crippen molar-refractivity contribution >= 4 is 27.5 Å². The molecular formula is C10H8BrN3O2. The van der Waals surface area contributed by atoms with Gasteiger partial charge in [0.25, 0.3) is 0 Å². The lowest BCUT2D eigenvalue weighted by atomic mass is 10.3. The zero-order chi connectivity index (χ0) is 11.3. The third-order valence-electron chi connectivity index (χ3n) is 2.76. The van der Waals surface area contributed by atoms with Gasteiger partial charge in [0, 0.05) is 16.6 Å². The minimum Gasteiger partial charge on any atom is -0.481 e. The lowest BCUT2D eigenvalue weighted by molar-refractivity contribution is -0.138. The summed E-state index contributed by atoms with van der Waals surface area (Å²) >= 11 is 3.35. The molecule has 1 aliphatic carbocycles. The second kappa shape index (κ2) is 3.28. The number of hydrogen-bond acceptors (Lipinski definition) is 3. The number of hydrogen-bond donors (Lipinski definition) is 1. The van der Waals surface area contributed by atoms with Crippen molar-refractivity contribution in [2.45, 2.75) is 12.3 Å². The Labute approximate surface area is 99.2 Å². The number of carbonyl (C=O) groups is 1. The first-order chi connectivity index (χ1) is 7.65. The predicted molar refractivity (Wildman–Crippen MR) is 59.2 cm³/mol. The van der Waals surface area contributed by atoms with Crippen LogP contribution in [0.1, 0.15) is 18.2 Å². The molecular weight excluding hydrogens is 274 g/mol. The summed E-state index contributed by atoms with van der Waals surface area (Å²) in [5.74, 6) is -0.451. The van der Waals surface area contributed by atoms with Crippen LogP contribution in [0, 0.1) is 5.92 Å². The van der Waals surface area contributed by atoms with Gasteiger partial charge in [-0.1, -0.05) is 15.9 Å². The third-order valence-corrected chi connectivity index (χ3v) is 3.25. The summed E-state index contributed by atoms with van der Waals surface area (Å²) in [5.41, 5.74) is 0.736. The summed E-state index contributed by atoms with van der Waals surface area (Å²) in [6.45, 7) is 0. The first-order valence-electron chi connectivity index (χ1n) is 4.90. The minimum atomic E-state index is -0.759. The second-order valence-corrected chi connectivity index (χ2v) is 4.82. The molecule has 0 aliphatic heterocycles. The van der Waals surface area contributed by atoms with Crippen LogP contribution in [0.4, 0.5) is 0 Å². The van der Waals surface area contributed by atoms with E-state index in [1.165, 1.54) is 0 Å². The van der Waals surface area contributed by atoms with Gasteiger partial charge in [-0.15, -0.1) is 0 Å². The molecule has 0 saturated heterocycles. The van der Waals surface area contributed by atoms with Crippen LogP contribution in [0.2, 0.25) is 0 Å². The van der Waals surface area contributed by atoms with Crippen LogP contribution in [0.15, 0.2) is 22.8 Å². The summed E-state index contributed by atoms with van der Waals surface area (Å²) < 4.78 is 2.60. The molecule has 0 radical (unpaired) electrons. The first-order valence-corrected chi connectivity index (χ1v) is 5.69. The molecule has 2 unspecified atom stereocenters. The molecule has 1 saturated carbocycles. The van der Waals surface area contributed by atoms with Gasteiger partial charge in [-0.3, -0.25) is 4.79 Å². The third kappa shape index (κ3) is 1.49. The number of nitrogens with zero attached hydrogens (tertiary/aromatic N) is 3. The van der Waals surface area contributed by atoms with Crippen LogP contribution in [-0.2, 0) is 4.79 Å². The van der Waals surface area contributed by atoms with Crippen molar-refractivity contribution in [3.8, 4) is 0 Å². The van der Waals surface area contributed by atoms with Crippen molar-refractivity contribution < 1.29 is 9.90 Å². The van der Waals surface area contributed by atoms with E-state index in [0.717, 1.165) is 10.1 Å². The van der Waals surface area contributed by atoms with Gasteiger partial charge in [0.15, 0.2) is 11.5 Å². The predicted octanol–water partition coefficient (Wildman–Crippen LogP) is 1.68. The number of halogens is 1. The second-order valence-electron chi connectivity index (χ2n) is 3.90. The normalized spacial score (nSPS) is 23.6. The Hall–Kier alpha value is -1.43. The zero-order valence-electron chi connectivity index (χ0n) is 8.17. The Balaban J connectivity index is 1.98. The number of rotatable bonds is 2. The summed E-state index contributed by atoms with van der Waals surface area (Å²) in [4.78, 5) is 15.1. The van der Waals surface area contributed by atoms with E-state index in [2.05, 4.69) is 26.0 Å². The Morgan fingerprint density at radius 3 is 3.12 bits per heavy atom. The van der Waals surface area contributed by atoms with E-state index in [-0.39, 0.29) is 11.8 Å². The molecule has 2 aromatic heterocycles. The van der Waals surface area contributed by atoms with Gasteiger partial charge >= 0.3 is 5.97 Å². The molecule has 6 heteroatoms. The van der Waals surface area contributed by atoms with Crippen molar-refractivity contribution in [1.29, 1.82) is 0 Å². The highest BCUT2D eigenvalue weighted by atomic mass is 79.9. The molecule has 1 fully saturated rings. The molecule has 3 rings (SSSR count). The molecule has 16 heavy (non-hydrogen) atoms. The fourth-order valence-electron chi connectivity index (χ4n) is 1.78. The van der Waals surface area contributed by atoms with E-state index < -0.39 is 5.97 Å². The van der Waals surface area contributed by atoms with Crippen molar-refractivity contribution in [3.05, 3.63) is 28.6 Å². The monoisotopic (exact) mass is 281 g/mol. The molecule has 2 atom stereocenters. The molecule has 0 aromatic carbocycles. The SMILES string of the molecule is O=C(O)C1CC1c1nc2cc(Br)ccn2n1. The van der Waals surface area contributed by atoms with E-state index >= 15 is 0 Å². The van der Waals surface area contributed by atoms with E-state index in [0.29, 0.717) is 12.2 Å². The topological polar surface area (TPSA) is 67.5 Å². The average molecular weight is 282 g/mol. The van der Waals surface area contributed by atoms with Crippen LogP contribution in [0.3, 0.4) is 0 Å². The lowest BCUT2D eigenvalue weighted by Gasteiger charge is -1.89. The maximum absolute atomic E-state index is 10.7. The van der Waals surface area contributed by atoms with Crippen LogP contribution < -0.4 is 0 Å². The smallest absolute Gasteiger partial charge is 0.307 e. The van der Waals surface area contributed by atoms with E-state index in [1.54, 1.807) is 10.7 Å². The molecule has 0 amide bonds. The fourth-order valence-corrected chi connectivity index (χ4v) is 2.11. The van der Waals surface area contributed by atoms with Gasteiger partial charge in [-0.25, -0.2) is 9.50 Å². The lowest BCUT2D eigenvalue weighted by Crippen LogP contribution is -1.99. The maximum atomic E-state index is 10.7. The highest BCUT2D eigenvalue weighted by Crippen LogP contribution is 2.46. The molecule has 2 heterocycles. The molecule has 1 aliphatic rings.